The van der Waals surface area contributed by atoms with E-state index in [4.69, 9.17) is 5.73 Å². The van der Waals surface area contributed by atoms with Crippen LogP contribution in [-0.4, -0.2) is 29.0 Å². The van der Waals surface area contributed by atoms with E-state index in [0.29, 0.717) is 6.04 Å². The summed E-state index contributed by atoms with van der Waals surface area (Å²) in [5.74, 6) is 0. The van der Waals surface area contributed by atoms with Crippen molar-refractivity contribution in [3.63, 3.8) is 0 Å². The SMILES string of the molecule is Nc1ccccc1C(NC1CCN(Cc2ccccn2)C1)c1ccccc1. The second-order valence-electron chi connectivity index (χ2n) is 7.18. The summed E-state index contributed by atoms with van der Waals surface area (Å²) in [6.45, 7) is 3.01. The smallest absolute Gasteiger partial charge is 0.0599 e. The fourth-order valence-corrected chi connectivity index (χ4v) is 3.85. The first-order chi connectivity index (χ1) is 13.3. The zero-order valence-corrected chi connectivity index (χ0v) is 15.5. The van der Waals surface area contributed by atoms with Gasteiger partial charge in [0.05, 0.1) is 11.7 Å². The van der Waals surface area contributed by atoms with Gasteiger partial charge in [-0.2, -0.15) is 0 Å². The van der Waals surface area contributed by atoms with Gasteiger partial charge in [0.2, 0.25) is 0 Å². The van der Waals surface area contributed by atoms with Crippen molar-refractivity contribution in [2.45, 2.75) is 25.0 Å². The molecule has 0 amide bonds. The van der Waals surface area contributed by atoms with E-state index in [1.165, 1.54) is 5.56 Å². The number of hydrogen-bond acceptors (Lipinski definition) is 4. The molecule has 0 saturated carbocycles. The van der Waals surface area contributed by atoms with Crippen molar-refractivity contribution in [1.29, 1.82) is 0 Å². The number of nitrogens with one attached hydrogen (secondary N) is 1. The highest BCUT2D eigenvalue weighted by atomic mass is 15.2. The summed E-state index contributed by atoms with van der Waals surface area (Å²) < 4.78 is 0. The van der Waals surface area contributed by atoms with Crippen molar-refractivity contribution in [3.05, 3.63) is 95.8 Å². The zero-order chi connectivity index (χ0) is 18.5. The van der Waals surface area contributed by atoms with E-state index in [-0.39, 0.29) is 6.04 Å². The molecule has 3 aromatic rings. The van der Waals surface area contributed by atoms with Crippen LogP contribution in [0, 0.1) is 0 Å². The minimum Gasteiger partial charge on any atom is -0.398 e. The van der Waals surface area contributed by atoms with E-state index in [9.17, 15) is 0 Å². The molecule has 0 spiro atoms. The summed E-state index contributed by atoms with van der Waals surface area (Å²) in [5.41, 5.74) is 10.7. The van der Waals surface area contributed by atoms with Crippen LogP contribution in [0.2, 0.25) is 0 Å². The van der Waals surface area contributed by atoms with Crippen LogP contribution in [0.5, 0.6) is 0 Å². The van der Waals surface area contributed by atoms with Crippen molar-refractivity contribution >= 4 is 5.69 Å². The van der Waals surface area contributed by atoms with Gasteiger partial charge >= 0.3 is 0 Å². The third-order valence-corrected chi connectivity index (χ3v) is 5.23. The van der Waals surface area contributed by atoms with Crippen LogP contribution in [0.4, 0.5) is 5.69 Å². The molecule has 138 valence electrons. The van der Waals surface area contributed by atoms with Gasteiger partial charge in [-0.15, -0.1) is 0 Å². The summed E-state index contributed by atoms with van der Waals surface area (Å²) in [7, 11) is 0. The average Bonchev–Trinajstić information content (AvgIpc) is 3.15. The lowest BCUT2D eigenvalue weighted by Gasteiger charge is -2.25. The lowest BCUT2D eigenvalue weighted by molar-refractivity contribution is 0.313. The van der Waals surface area contributed by atoms with Gasteiger partial charge in [0.15, 0.2) is 0 Å². The predicted molar refractivity (Wildman–Crippen MR) is 110 cm³/mol. The van der Waals surface area contributed by atoms with Crippen LogP contribution < -0.4 is 11.1 Å². The molecular weight excluding hydrogens is 332 g/mol. The number of nitrogens with two attached hydrogens (primary N) is 1. The summed E-state index contributed by atoms with van der Waals surface area (Å²) >= 11 is 0. The van der Waals surface area contributed by atoms with Gasteiger partial charge in [0.1, 0.15) is 0 Å². The quantitative estimate of drug-likeness (QED) is 0.661. The number of nitrogens with zero attached hydrogens (tertiary/aromatic N) is 2. The van der Waals surface area contributed by atoms with Crippen LogP contribution in [-0.2, 0) is 6.54 Å². The molecule has 0 bridgehead atoms. The molecule has 1 aliphatic rings. The van der Waals surface area contributed by atoms with E-state index in [1.807, 2.05) is 24.4 Å². The maximum absolute atomic E-state index is 6.30. The van der Waals surface area contributed by atoms with Gasteiger partial charge in [-0.1, -0.05) is 54.6 Å². The molecule has 1 saturated heterocycles. The molecule has 1 aromatic heterocycles. The van der Waals surface area contributed by atoms with E-state index >= 15 is 0 Å². The monoisotopic (exact) mass is 358 g/mol. The normalized spacial score (nSPS) is 18.4. The Morgan fingerprint density at radius 1 is 1.00 bits per heavy atom. The Bertz CT molecular complexity index is 851. The largest absolute Gasteiger partial charge is 0.398 e. The Balaban J connectivity index is 1.49. The second-order valence-corrected chi connectivity index (χ2v) is 7.18. The van der Waals surface area contributed by atoms with Gasteiger partial charge in [0, 0.05) is 37.6 Å². The molecule has 2 atom stereocenters. The highest BCUT2D eigenvalue weighted by Crippen LogP contribution is 2.28. The number of nitrogen functional groups attached to an aromatic ring is 1. The van der Waals surface area contributed by atoms with Crippen LogP contribution in [0.25, 0.3) is 0 Å². The number of aromatic nitrogens is 1. The molecule has 1 aliphatic heterocycles. The average molecular weight is 358 g/mol. The van der Waals surface area contributed by atoms with Crippen molar-refractivity contribution in [1.82, 2.24) is 15.2 Å². The summed E-state index contributed by atoms with van der Waals surface area (Å²) in [4.78, 5) is 6.93. The minimum atomic E-state index is 0.104. The Morgan fingerprint density at radius 3 is 2.56 bits per heavy atom. The number of hydrogen-bond donors (Lipinski definition) is 2. The number of anilines is 1. The van der Waals surface area contributed by atoms with Crippen molar-refractivity contribution in [2.24, 2.45) is 0 Å². The molecule has 3 N–H and O–H groups in total. The zero-order valence-electron chi connectivity index (χ0n) is 15.5. The van der Waals surface area contributed by atoms with E-state index in [1.54, 1.807) is 0 Å². The van der Waals surface area contributed by atoms with Crippen LogP contribution in [0.1, 0.15) is 29.3 Å². The molecule has 4 nitrogen and oxygen atoms in total. The molecule has 1 fully saturated rings. The van der Waals surface area contributed by atoms with E-state index in [0.717, 1.165) is 43.0 Å². The van der Waals surface area contributed by atoms with Crippen molar-refractivity contribution in [2.75, 3.05) is 18.8 Å². The molecule has 4 heteroatoms. The fourth-order valence-electron chi connectivity index (χ4n) is 3.85. The number of benzene rings is 2. The Kier molecular flexibility index (Phi) is 5.47. The summed E-state index contributed by atoms with van der Waals surface area (Å²) in [6.07, 6.45) is 2.99. The lowest BCUT2D eigenvalue weighted by Crippen LogP contribution is -2.36. The van der Waals surface area contributed by atoms with Gasteiger partial charge in [0.25, 0.3) is 0 Å². The summed E-state index contributed by atoms with van der Waals surface area (Å²) in [5, 5.41) is 3.86. The van der Waals surface area contributed by atoms with Gasteiger partial charge < -0.3 is 11.1 Å². The first-order valence-electron chi connectivity index (χ1n) is 9.57. The maximum Gasteiger partial charge on any atom is 0.0599 e. The molecule has 0 aliphatic carbocycles. The van der Waals surface area contributed by atoms with Crippen LogP contribution >= 0.6 is 0 Å². The predicted octanol–water partition coefficient (Wildman–Crippen LogP) is 3.62. The molecule has 4 rings (SSSR count). The van der Waals surface area contributed by atoms with Gasteiger partial charge in [-0.3, -0.25) is 9.88 Å². The van der Waals surface area contributed by atoms with Crippen molar-refractivity contribution in [3.8, 4) is 0 Å². The second kappa shape index (κ2) is 8.33. The standard InChI is InChI=1S/C23H26N4/c24-22-12-5-4-11-21(22)23(18-8-2-1-3-9-18)26-20-13-15-27(17-20)16-19-10-6-7-14-25-19/h1-12,14,20,23,26H,13,15-17,24H2. The Hall–Kier alpha value is -2.69. The molecule has 2 unspecified atom stereocenters. The van der Waals surface area contributed by atoms with E-state index < -0.39 is 0 Å². The number of likely N-dealkylation sites (tertiary alicyclic amines) is 1. The first-order valence-corrected chi connectivity index (χ1v) is 9.57. The molecule has 2 aromatic carbocycles. The molecule has 27 heavy (non-hydrogen) atoms. The van der Waals surface area contributed by atoms with Gasteiger partial charge in [-0.25, -0.2) is 0 Å². The third-order valence-electron chi connectivity index (χ3n) is 5.23. The molecule has 2 heterocycles. The number of pyridine rings is 1. The fraction of sp³-hybridized carbons (Fsp3) is 0.261. The highest BCUT2D eigenvalue weighted by molar-refractivity contribution is 5.51. The van der Waals surface area contributed by atoms with E-state index in [2.05, 4.69) is 69.8 Å². The summed E-state index contributed by atoms with van der Waals surface area (Å²) in [6, 6.07) is 25.4. The maximum atomic E-state index is 6.30. The topological polar surface area (TPSA) is 54.2 Å². The third kappa shape index (κ3) is 4.35. The highest BCUT2D eigenvalue weighted by Gasteiger charge is 2.26. The minimum absolute atomic E-state index is 0.104. The number of para-hydroxylation sites is 1. The van der Waals surface area contributed by atoms with Gasteiger partial charge in [-0.05, 0) is 35.7 Å². The molecule has 0 radical (unpaired) electrons. The number of rotatable bonds is 6. The van der Waals surface area contributed by atoms with Crippen LogP contribution in [0.15, 0.2) is 79.0 Å². The Labute approximate surface area is 161 Å². The van der Waals surface area contributed by atoms with Crippen molar-refractivity contribution < 1.29 is 0 Å². The van der Waals surface area contributed by atoms with Crippen LogP contribution in [0.3, 0.4) is 0 Å². The first kappa shape index (κ1) is 17.7. The molecular formula is C23H26N4. The Morgan fingerprint density at radius 2 is 1.78 bits per heavy atom. The lowest BCUT2D eigenvalue weighted by atomic mass is 9.96.